The van der Waals surface area contributed by atoms with Gasteiger partial charge in [0.15, 0.2) is 0 Å². The van der Waals surface area contributed by atoms with E-state index in [1.54, 1.807) is 0 Å². The van der Waals surface area contributed by atoms with E-state index < -0.39 is 0 Å². The standard InChI is InChI=1S/C43H31NO.C40H25NO2.C40H27NO/c1-43(2)38-16-8-6-13-33(38)37-27-31(23-26-39(37)43)44(29-11-4-3-5-12-29)30-21-19-28(20-22-30)32-24-25-36-34-14-7-9-17-40(34)45-41-18-10-15-35(32)42(36)41;1-2-9-26(10-3-1)27-17-19-28(20-18-27)41(29-21-22-32-30-11-4-6-14-36(30)43-39(32)25-29)35-24-23-33-31-12-5-7-15-37(31)42-38-16-8-13-34(35)40(33)38;1-3-10-28(11-4-1)30-18-22-32(23-19-30)41(33-24-20-31(21-25-33)29-12-5-2-6-13-29)37-27-26-35-34-14-7-8-16-38(34)42-39-17-9-15-36(37)40(35)39/h3-27H,1-2H3;1-25H;1-27H. The Morgan fingerprint density at radius 3 is 1.00 bits per heavy atom. The number of para-hydroxylation sites is 5. The molecule has 4 heterocycles. The number of nitrogens with zero attached hydrogens (tertiary/aromatic N) is 3. The minimum Gasteiger partial charge on any atom is -0.456 e. The van der Waals surface area contributed by atoms with Gasteiger partial charge in [-0.25, -0.2) is 0 Å². The first kappa shape index (κ1) is 76.6. The third-order valence-electron chi connectivity index (χ3n) is 26.2. The van der Waals surface area contributed by atoms with Crippen LogP contribution in [0, 0.1) is 0 Å². The molecule has 7 heteroatoms. The molecule has 0 bridgehead atoms. The van der Waals surface area contributed by atoms with Crippen molar-refractivity contribution >= 4 is 105 Å². The van der Waals surface area contributed by atoms with E-state index in [-0.39, 0.29) is 5.41 Å². The van der Waals surface area contributed by atoms with Crippen LogP contribution in [0.1, 0.15) is 25.0 Å². The van der Waals surface area contributed by atoms with Crippen LogP contribution in [-0.4, -0.2) is 0 Å². The van der Waals surface area contributed by atoms with Gasteiger partial charge >= 0.3 is 0 Å². The third kappa shape index (κ3) is 13.4. The molecule has 0 atom stereocenters. The van der Waals surface area contributed by atoms with Crippen LogP contribution in [0.4, 0.5) is 51.2 Å². The van der Waals surface area contributed by atoms with Crippen LogP contribution in [0.25, 0.3) is 143 Å². The summed E-state index contributed by atoms with van der Waals surface area (Å²) in [5.41, 5.74) is 33.6. The Kier molecular flexibility index (Phi) is 18.8. The maximum Gasteiger partial charge on any atom is 0.137 e. The number of hydrogen-bond acceptors (Lipinski definition) is 7. The Labute approximate surface area is 754 Å². The van der Waals surface area contributed by atoms with Crippen molar-refractivity contribution < 1.29 is 18.6 Å². The summed E-state index contributed by atoms with van der Waals surface area (Å²) in [5.74, 6) is 5.38. The van der Waals surface area contributed by atoms with Crippen molar-refractivity contribution in [1.29, 1.82) is 0 Å². The van der Waals surface area contributed by atoms with Gasteiger partial charge in [-0.2, -0.15) is 0 Å². The zero-order chi connectivity index (χ0) is 86.3. The minimum atomic E-state index is -0.0184. The van der Waals surface area contributed by atoms with E-state index in [1.807, 2.05) is 54.6 Å². The van der Waals surface area contributed by atoms with Gasteiger partial charge in [0, 0.05) is 106 Å². The van der Waals surface area contributed by atoms with Crippen molar-refractivity contribution in [2.75, 3.05) is 14.7 Å². The fraction of sp³-hybridized carbons (Fsp3) is 0.0244. The van der Waals surface area contributed by atoms with E-state index in [4.69, 9.17) is 18.6 Å². The molecule has 0 spiro atoms. The highest BCUT2D eigenvalue weighted by molar-refractivity contribution is 6.15. The van der Waals surface area contributed by atoms with Gasteiger partial charge in [-0.1, -0.05) is 335 Å². The fourth-order valence-corrected chi connectivity index (χ4v) is 20.0. The van der Waals surface area contributed by atoms with Crippen molar-refractivity contribution in [1.82, 2.24) is 0 Å². The molecule has 0 fully saturated rings. The summed E-state index contributed by atoms with van der Waals surface area (Å²) >= 11 is 0. The Balaban J connectivity index is 0.000000108. The number of furan rings is 1. The number of hydrogen-bond donors (Lipinski definition) is 0. The SMILES string of the molecule is CC1(C)c2ccccc2-c2cc(N(c3ccccc3)c3ccc(-c4ccc5c6c(cccc46)Oc4ccccc4-5)cc3)ccc21.c1ccc(-c2ccc(N(c3ccc(-c4ccccc4)cc3)c3ccc4c5c(cccc35)Oc3ccccc3-4)cc2)cc1.c1ccc(-c2ccc(N(c3ccc4c(c3)oc3ccccc34)c3ccc4c5c(cccc35)Oc3ccccc3-4)cc2)cc1. The first-order valence-corrected chi connectivity index (χ1v) is 44.4. The van der Waals surface area contributed by atoms with E-state index in [2.05, 4.69) is 441 Å². The van der Waals surface area contributed by atoms with E-state index in [0.29, 0.717) is 0 Å². The predicted molar refractivity (Wildman–Crippen MR) is 539 cm³/mol. The summed E-state index contributed by atoms with van der Waals surface area (Å²) in [5, 5.41) is 9.15. The zero-order valence-corrected chi connectivity index (χ0v) is 71.4. The van der Waals surface area contributed by atoms with Crippen LogP contribution >= 0.6 is 0 Å². The molecule has 0 amide bonds. The van der Waals surface area contributed by atoms with Gasteiger partial charge in [-0.15, -0.1) is 0 Å². The number of ether oxygens (including phenoxy) is 3. The Bertz CT molecular complexity index is 8050. The topological polar surface area (TPSA) is 50.5 Å². The van der Waals surface area contributed by atoms with E-state index in [1.165, 1.54) is 94.2 Å². The maximum absolute atomic E-state index is 6.42. The van der Waals surface area contributed by atoms with Gasteiger partial charge in [0.2, 0.25) is 0 Å². The normalized spacial score (nSPS) is 12.3. The number of benzene rings is 21. The third-order valence-corrected chi connectivity index (χ3v) is 26.2. The minimum absolute atomic E-state index is 0.0184. The molecule has 614 valence electrons. The molecule has 0 N–H and O–H groups in total. The van der Waals surface area contributed by atoms with Gasteiger partial charge in [0.25, 0.3) is 0 Å². The quantitative estimate of drug-likeness (QED) is 0.114. The smallest absolute Gasteiger partial charge is 0.137 e. The Morgan fingerprint density at radius 1 is 0.177 bits per heavy atom. The molecule has 0 saturated heterocycles. The van der Waals surface area contributed by atoms with Gasteiger partial charge in [0.1, 0.15) is 45.7 Å². The zero-order valence-electron chi connectivity index (χ0n) is 71.4. The van der Waals surface area contributed by atoms with Crippen LogP contribution < -0.4 is 28.9 Å². The highest BCUT2D eigenvalue weighted by Gasteiger charge is 2.36. The lowest BCUT2D eigenvalue weighted by atomic mass is 9.82. The summed E-state index contributed by atoms with van der Waals surface area (Å²) in [7, 11) is 0. The molecule has 0 radical (unpaired) electrons. The average Bonchev–Trinajstić information content (AvgIpc) is 1.64. The molecular formula is C123H83N3O4. The molecule has 22 aromatic rings. The molecule has 1 aliphatic carbocycles. The van der Waals surface area contributed by atoms with Crippen LogP contribution in [-0.2, 0) is 5.41 Å². The molecule has 4 aliphatic rings. The fourth-order valence-electron chi connectivity index (χ4n) is 20.0. The second-order valence-electron chi connectivity index (χ2n) is 34.1. The first-order valence-electron chi connectivity index (χ1n) is 44.4. The molecule has 130 heavy (non-hydrogen) atoms. The summed E-state index contributed by atoms with van der Waals surface area (Å²) in [4.78, 5) is 7.04. The second kappa shape index (κ2) is 31.9. The van der Waals surface area contributed by atoms with Crippen molar-refractivity contribution in [3.8, 4) is 124 Å². The van der Waals surface area contributed by atoms with Crippen LogP contribution in [0.3, 0.4) is 0 Å². The Morgan fingerprint density at radius 2 is 0.500 bits per heavy atom. The number of rotatable bonds is 13. The van der Waals surface area contributed by atoms with Crippen LogP contribution in [0.2, 0.25) is 0 Å². The average molecular weight is 1670 g/mol. The lowest BCUT2D eigenvalue weighted by molar-refractivity contribution is 0.487. The Hall–Kier alpha value is -17.0. The summed E-state index contributed by atoms with van der Waals surface area (Å²) < 4.78 is 25.5. The van der Waals surface area contributed by atoms with Gasteiger partial charge in [-0.3, -0.25) is 0 Å². The molecule has 21 aromatic carbocycles. The maximum atomic E-state index is 6.42. The van der Waals surface area contributed by atoms with Crippen LogP contribution in [0.5, 0.6) is 34.5 Å². The molecule has 26 rings (SSSR count). The lowest BCUT2D eigenvalue weighted by Crippen LogP contribution is -2.15. The van der Waals surface area contributed by atoms with E-state index >= 15 is 0 Å². The molecule has 7 nitrogen and oxygen atoms in total. The molecular weight excluding hydrogens is 1580 g/mol. The molecule has 0 saturated carbocycles. The lowest BCUT2D eigenvalue weighted by Gasteiger charge is -2.29. The van der Waals surface area contributed by atoms with Gasteiger partial charge < -0.3 is 33.3 Å². The van der Waals surface area contributed by atoms with Crippen molar-refractivity contribution in [2.45, 2.75) is 19.3 Å². The van der Waals surface area contributed by atoms with E-state index in [0.717, 1.165) is 146 Å². The summed E-state index contributed by atoms with van der Waals surface area (Å²) in [6.45, 7) is 4.66. The highest BCUT2D eigenvalue weighted by atomic mass is 16.5. The number of anilines is 9. The molecule has 1 aromatic heterocycles. The van der Waals surface area contributed by atoms with Crippen LogP contribution in [0.15, 0.2) is 472 Å². The number of fused-ring (bicyclic) bond motifs is 12. The van der Waals surface area contributed by atoms with Crippen molar-refractivity contribution in [3.05, 3.63) is 478 Å². The molecule has 3 aliphatic heterocycles. The summed E-state index contributed by atoms with van der Waals surface area (Å²) in [6, 6.07) is 166. The highest BCUT2D eigenvalue weighted by Crippen LogP contribution is 2.57. The molecule has 0 unspecified atom stereocenters. The second-order valence-corrected chi connectivity index (χ2v) is 34.1. The largest absolute Gasteiger partial charge is 0.456 e. The van der Waals surface area contributed by atoms with E-state index in [9.17, 15) is 0 Å². The van der Waals surface area contributed by atoms with Gasteiger partial charge in [0.05, 0.1) is 11.4 Å². The summed E-state index contributed by atoms with van der Waals surface area (Å²) in [6.07, 6.45) is 0. The van der Waals surface area contributed by atoms with Crippen molar-refractivity contribution in [2.24, 2.45) is 0 Å². The van der Waals surface area contributed by atoms with Crippen molar-refractivity contribution in [3.63, 3.8) is 0 Å². The predicted octanol–water partition coefficient (Wildman–Crippen LogP) is 35.1. The monoisotopic (exact) mass is 1670 g/mol. The van der Waals surface area contributed by atoms with Gasteiger partial charge in [-0.05, 0) is 228 Å². The first-order chi connectivity index (χ1) is 64.2.